The van der Waals surface area contributed by atoms with Crippen molar-refractivity contribution >= 4 is 8.80 Å². The summed E-state index contributed by atoms with van der Waals surface area (Å²) in [6.07, 6.45) is 10.4. The molecule has 1 N–H and O–H groups in total. The molecule has 0 aliphatic heterocycles. The van der Waals surface area contributed by atoms with Gasteiger partial charge >= 0.3 is 8.80 Å². The summed E-state index contributed by atoms with van der Waals surface area (Å²) in [6, 6.07) is 1.41. The van der Waals surface area contributed by atoms with Gasteiger partial charge in [-0.05, 0) is 19.9 Å². The van der Waals surface area contributed by atoms with Crippen molar-refractivity contribution in [3.63, 3.8) is 0 Å². The zero-order chi connectivity index (χ0) is 15.3. The fourth-order valence-electron chi connectivity index (χ4n) is 2.51. The summed E-state index contributed by atoms with van der Waals surface area (Å²) >= 11 is 0. The molecule has 0 saturated carbocycles. The Morgan fingerprint density at radius 1 is 0.850 bits per heavy atom. The lowest BCUT2D eigenvalue weighted by molar-refractivity contribution is 0.121. The van der Waals surface area contributed by atoms with Crippen LogP contribution in [-0.4, -0.2) is 43.2 Å². The van der Waals surface area contributed by atoms with Gasteiger partial charge in [0, 0.05) is 33.4 Å². The van der Waals surface area contributed by atoms with Crippen LogP contribution in [0.4, 0.5) is 0 Å². The molecule has 0 aromatic carbocycles. The summed E-state index contributed by atoms with van der Waals surface area (Å²) in [4.78, 5) is 0. The van der Waals surface area contributed by atoms with E-state index in [2.05, 4.69) is 12.2 Å². The third-order valence-corrected chi connectivity index (χ3v) is 6.81. The van der Waals surface area contributed by atoms with Crippen molar-refractivity contribution in [2.24, 2.45) is 0 Å². The Bertz CT molecular complexity index is 205. The molecule has 0 heterocycles. The molecule has 1 atom stereocenters. The first kappa shape index (κ1) is 20.1. The molecule has 0 aromatic heterocycles. The van der Waals surface area contributed by atoms with Crippen LogP contribution >= 0.6 is 0 Å². The van der Waals surface area contributed by atoms with Gasteiger partial charge in [0.2, 0.25) is 0 Å². The minimum absolute atomic E-state index is 0.536. The lowest BCUT2D eigenvalue weighted by Crippen LogP contribution is -2.44. The van der Waals surface area contributed by atoms with Gasteiger partial charge in [0.25, 0.3) is 0 Å². The van der Waals surface area contributed by atoms with Crippen LogP contribution in [0.15, 0.2) is 0 Å². The standard InChI is InChI=1S/C15H35NO3Si/c1-6-7-8-9-10-11-12-15(16-2)13-14-20(17-3,18-4)19-5/h15-16H,6-14H2,1-5H3. The second kappa shape index (κ2) is 12.8. The van der Waals surface area contributed by atoms with E-state index in [-0.39, 0.29) is 0 Å². The van der Waals surface area contributed by atoms with Gasteiger partial charge < -0.3 is 18.6 Å². The predicted molar refractivity (Wildman–Crippen MR) is 87.0 cm³/mol. The number of hydrogen-bond acceptors (Lipinski definition) is 4. The Morgan fingerprint density at radius 3 is 1.90 bits per heavy atom. The highest BCUT2D eigenvalue weighted by atomic mass is 28.4. The molecule has 5 heteroatoms. The molecule has 122 valence electrons. The van der Waals surface area contributed by atoms with E-state index in [4.69, 9.17) is 13.3 Å². The summed E-state index contributed by atoms with van der Waals surface area (Å²) in [6.45, 7) is 2.26. The lowest BCUT2D eigenvalue weighted by Gasteiger charge is -2.26. The molecule has 4 nitrogen and oxygen atoms in total. The quantitative estimate of drug-likeness (QED) is 0.393. The Balaban J connectivity index is 3.85. The first-order valence-corrected chi connectivity index (χ1v) is 9.93. The molecule has 0 radical (unpaired) electrons. The van der Waals surface area contributed by atoms with Gasteiger partial charge in [0.1, 0.15) is 0 Å². The molecule has 0 aromatic rings. The normalized spacial score (nSPS) is 13.7. The molecule has 0 aliphatic rings. The van der Waals surface area contributed by atoms with E-state index in [1.807, 2.05) is 7.05 Å². The van der Waals surface area contributed by atoms with Gasteiger partial charge in [-0.1, -0.05) is 45.4 Å². The number of rotatable bonds is 14. The molecule has 0 rings (SSSR count). The second-order valence-corrected chi connectivity index (χ2v) is 8.47. The minimum Gasteiger partial charge on any atom is -0.377 e. The third kappa shape index (κ3) is 8.37. The van der Waals surface area contributed by atoms with Crippen LogP contribution in [0.3, 0.4) is 0 Å². The number of nitrogens with one attached hydrogen (secondary N) is 1. The average molecular weight is 306 g/mol. The van der Waals surface area contributed by atoms with Gasteiger partial charge in [-0.15, -0.1) is 0 Å². The first-order chi connectivity index (χ1) is 9.67. The van der Waals surface area contributed by atoms with E-state index < -0.39 is 8.80 Å². The van der Waals surface area contributed by atoms with Crippen LogP contribution in [0.2, 0.25) is 6.04 Å². The third-order valence-electron chi connectivity index (χ3n) is 4.05. The largest absolute Gasteiger partial charge is 0.500 e. The van der Waals surface area contributed by atoms with Gasteiger partial charge in [0.05, 0.1) is 0 Å². The Hall–Kier alpha value is 0.0569. The predicted octanol–water partition coefficient (Wildman–Crippen LogP) is 3.59. The van der Waals surface area contributed by atoms with Crippen molar-refractivity contribution in [1.82, 2.24) is 5.32 Å². The highest BCUT2D eigenvalue weighted by molar-refractivity contribution is 6.60. The van der Waals surface area contributed by atoms with Crippen molar-refractivity contribution in [2.45, 2.75) is 70.4 Å². The minimum atomic E-state index is -2.40. The van der Waals surface area contributed by atoms with E-state index in [0.717, 1.165) is 12.5 Å². The fourth-order valence-corrected chi connectivity index (χ4v) is 4.33. The summed E-state index contributed by atoms with van der Waals surface area (Å²) in [7, 11) is 4.68. The molecule has 1 unspecified atom stereocenters. The van der Waals surface area contributed by atoms with E-state index in [9.17, 15) is 0 Å². The summed E-state index contributed by atoms with van der Waals surface area (Å²) in [5, 5.41) is 3.40. The fraction of sp³-hybridized carbons (Fsp3) is 1.00. The van der Waals surface area contributed by atoms with E-state index in [1.165, 1.54) is 44.9 Å². The van der Waals surface area contributed by atoms with Gasteiger partial charge in [-0.2, -0.15) is 0 Å². The van der Waals surface area contributed by atoms with E-state index in [0.29, 0.717) is 6.04 Å². The highest BCUT2D eigenvalue weighted by Gasteiger charge is 2.37. The molecule has 0 spiro atoms. The van der Waals surface area contributed by atoms with Gasteiger partial charge in [-0.3, -0.25) is 0 Å². The van der Waals surface area contributed by atoms with Crippen molar-refractivity contribution in [3.8, 4) is 0 Å². The maximum atomic E-state index is 5.47. The Kier molecular flexibility index (Phi) is 12.8. The van der Waals surface area contributed by atoms with Crippen molar-refractivity contribution in [3.05, 3.63) is 0 Å². The van der Waals surface area contributed by atoms with E-state index in [1.54, 1.807) is 21.3 Å². The van der Waals surface area contributed by atoms with Crippen LogP contribution < -0.4 is 5.32 Å². The molecule has 0 saturated heterocycles. The maximum Gasteiger partial charge on any atom is 0.500 e. The van der Waals surface area contributed by atoms with Gasteiger partial charge in [0.15, 0.2) is 0 Å². The van der Waals surface area contributed by atoms with Gasteiger partial charge in [-0.25, -0.2) is 0 Å². The second-order valence-electron chi connectivity index (χ2n) is 5.38. The summed E-state index contributed by atoms with van der Waals surface area (Å²) in [5.41, 5.74) is 0. The zero-order valence-corrected chi connectivity index (χ0v) is 15.2. The molecular weight excluding hydrogens is 270 g/mol. The molecule has 0 amide bonds. The number of unbranched alkanes of at least 4 members (excludes halogenated alkanes) is 5. The molecule has 0 bridgehead atoms. The van der Waals surface area contributed by atoms with Crippen molar-refractivity contribution in [2.75, 3.05) is 28.4 Å². The van der Waals surface area contributed by atoms with Crippen molar-refractivity contribution in [1.29, 1.82) is 0 Å². The summed E-state index contributed by atoms with van der Waals surface area (Å²) in [5.74, 6) is 0. The van der Waals surface area contributed by atoms with Crippen LogP contribution in [0.5, 0.6) is 0 Å². The molecule has 0 fully saturated rings. The van der Waals surface area contributed by atoms with Crippen LogP contribution in [0, 0.1) is 0 Å². The average Bonchev–Trinajstić information content (AvgIpc) is 2.50. The Labute approximate surface area is 126 Å². The summed E-state index contributed by atoms with van der Waals surface area (Å²) < 4.78 is 16.4. The monoisotopic (exact) mass is 305 g/mol. The van der Waals surface area contributed by atoms with Crippen molar-refractivity contribution < 1.29 is 13.3 Å². The highest BCUT2D eigenvalue weighted by Crippen LogP contribution is 2.19. The van der Waals surface area contributed by atoms with Crippen LogP contribution in [-0.2, 0) is 13.3 Å². The lowest BCUT2D eigenvalue weighted by atomic mass is 10.0. The molecule has 20 heavy (non-hydrogen) atoms. The van der Waals surface area contributed by atoms with Crippen LogP contribution in [0.1, 0.15) is 58.3 Å². The van der Waals surface area contributed by atoms with E-state index >= 15 is 0 Å². The number of hydrogen-bond donors (Lipinski definition) is 1. The maximum absolute atomic E-state index is 5.47. The smallest absolute Gasteiger partial charge is 0.377 e. The SMILES string of the molecule is CCCCCCCCC(CC[Si](OC)(OC)OC)NC. The molecular formula is C15H35NO3Si. The first-order valence-electron chi connectivity index (χ1n) is 8.00. The van der Waals surface area contributed by atoms with Crippen LogP contribution in [0.25, 0.3) is 0 Å². The molecule has 0 aliphatic carbocycles. The Morgan fingerprint density at radius 2 is 1.40 bits per heavy atom. The topological polar surface area (TPSA) is 39.7 Å². The zero-order valence-electron chi connectivity index (χ0n) is 14.2.